The van der Waals surface area contributed by atoms with E-state index < -0.39 is 0 Å². The summed E-state index contributed by atoms with van der Waals surface area (Å²) < 4.78 is 9.26. The Balaban J connectivity index is 1.48. The molecule has 178 valence electrons. The predicted molar refractivity (Wildman–Crippen MR) is 141 cm³/mol. The molecule has 1 atom stereocenters. The Kier molecular flexibility index (Phi) is 5.33. The van der Waals surface area contributed by atoms with E-state index >= 15 is 0 Å². The molecule has 0 bridgehead atoms. The van der Waals surface area contributed by atoms with Crippen molar-refractivity contribution >= 4 is 27.6 Å². The number of fused-ring (bicyclic) bond motifs is 2. The van der Waals surface area contributed by atoms with E-state index in [2.05, 4.69) is 73.5 Å². The molecule has 0 aliphatic carbocycles. The molecule has 0 saturated heterocycles. The van der Waals surface area contributed by atoms with E-state index in [0.717, 1.165) is 39.1 Å². The van der Waals surface area contributed by atoms with Gasteiger partial charge in [0.05, 0.1) is 29.9 Å². The van der Waals surface area contributed by atoms with Crippen LogP contribution in [0.15, 0.2) is 85.6 Å². The fourth-order valence-electron chi connectivity index (χ4n) is 4.65. The number of benzene rings is 2. The van der Waals surface area contributed by atoms with Gasteiger partial charge in [-0.1, -0.05) is 12.1 Å². The Labute approximate surface area is 208 Å². The lowest BCUT2D eigenvalue weighted by Crippen LogP contribution is -2.16. The van der Waals surface area contributed by atoms with E-state index in [9.17, 15) is 0 Å². The van der Waals surface area contributed by atoms with Gasteiger partial charge in [0.25, 0.3) is 0 Å². The van der Waals surface area contributed by atoms with Crippen LogP contribution >= 0.6 is 0 Å². The molecule has 1 N–H and O–H groups in total. The van der Waals surface area contributed by atoms with Crippen molar-refractivity contribution in [3.63, 3.8) is 0 Å². The summed E-state index contributed by atoms with van der Waals surface area (Å²) in [6.07, 6.45) is 9.16. The van der Waals surface area contributed by atoms with Gasteiger partial charge in [-0.2, -0.15) is 5.10 Å². The molecule has 0 amide bonds. The molecule has 8 heteroatoms. The summed E-state index contributed by atoms with van der Waals surface area (Å²) >= 11 is 0. The van der Waals surface area contributed by atoms with Crippen molar-refractivity contribution in [3.8, 4) is 17.0 Å². The zero-order valence-corrected chi connectivity index (χ0v) is 20.3. The van der Waals surface area contributed by atoms with Gasteiger partial charge in [0.1, 0.15) is 0 Å². The zero-order valence-electron chi connectivity index (χ0n) is 20.3. The molecule has 4 aromatic heterocycles. The quantitative estimate of drug-likeness (QED) is 0.360. The fraction of sp³-hybridized carbons (Fsp3) is 0.143. The number of hydrogen-bond acceptors (Lipinski definition) is 6. The number of ether oxygens (including phenoxy) is 1. The first kappa shape index (κ1) is 21.8. The zero-order chi connectivity index (χ0) is 24.6. The highest BCUT2D eigenvalue weighted by molar-refractivity contribution is 5.97. The summed E-state index contributed by atoms with van der Waals surface area (Å²) in [5.41, 5.74) is 7.87. The highest BCUT2D eigenvalue weighted by Crippen LogP contribution is 2.34. The average Bonchev–Trinajstić information content (AvgIpc) is 3.51. The molecular weight excluding hydrogens is 450 g/mol. The lowest BCUT2D eigenvalue weighted by Gasteiger charge is -2.22. The number of nitrogens with one attached hydrogen (secondary N) is 1. The van der Waals surface area contributed by atoms with Crippen LogP contribution in [-0.4, -0.2) is 36.4 Å². The maximum absolute atomic E-state index is 5.26. The van der Waals surface area contributed by atoms with Crippen LogP contribution in [0.1, 0.15) is 17.3 Å². The third-order valence-corrected chi connectivity index (χ3v) is 6.54. The Morgan fingerprint density at radius 2 is 1.78 bits per heavy atom. The van der Waals surface area contributed by atoms with Gasteiger partial charge in [0, 0.05) is 67.9 Å². The molecule has 6 rings (SSSR count). The molecule has 4 heterocycles. The third kappa shape index (κ3) is 3.82. The van der Waals surface area contributed by atoms with Gasteiger partial charge in [0.15, 0.2) is 0 Å². The largest absolute Gasteiger partial charge is 0.481 e. The average molecular weight is 476 g/mol. The van der Waals surface area contributed by atoms with Crippen molar-refractivity contribution in [2.24, 2.45) is 14.1 Å². The van der Waals surface area contributed by atoms with Crippen molar-refractivity contribution in [2.75, 3.05) is 12.4 Å². The smallest absolute Gasteiger partial charge is 0.212 e. The van der Waals surface area contributed by atoms with Gasteiger partial charge in [-0.05, 0) is 52.9 Å². The predicted octanol–water partition coefficient (Wildman–Crippen LogP) is 5.13. The topological polar surface area (TPSA) is 82.7 Å². The van der Waals surface area contributed by atoms with Gasteiger partial charge in [0.2, 0.25) is 5.88 Å². The monoisotopic (exact) mass is 475 g/mol. The normalized spacial score (nSPS) is 12.2. The minimum absolute atomic E-state index is 0.187. The van der Waals surface area contributed by atoms with Crippen LogP contribution in [-0.2, 0) is 14.1 Å². The number of methoxy groups -OCH3 is 1. The van der Waals surface area contributed by atoms with Crippen LogP contribution in [0.4, 0.5) is 5.69 Å². The summed E-state index contributed by atoms with van der Waals surface area (Å²) in [7, 11) is 5.61. The molecule has 0 aliphatic heterocycles. The van der Waals surface area contributed by atoms with Crippen LogP contribution in [0.25, 0.3) is 33.1 Å². The van der Waals surface area contributed by atoms with Gasteiger partial charge >= 0.3 is 0 Å². The molecule has 1 unspecified atom stereocenters. The Hall–Kier alpha value is -4.72. The highest BCUT2D eigenvalue weighted by atomic mass is 16.5. The first-order valence-electron chi connectivity index (χ1n) is 11.7. The van der Waals surface area contributed by atoms with Crippen LogP contribution in [0.5, 0.6) is 5.88 Å². The molecule has 36 heavy (non-hydrogen) atoms. The Morgan fingerprint density at radius 3 is 2.56 bits per heavy atom. The van der Waals surface area contributed by atoms with Crippen LogP contribution < -0.4 is 10.1 Å². The van der Waals surface area contributed by atoms with Crippen molar-refractivity contribution in [2.45, 2.75) is 6.04 Å². The number of aryl methyl sites for hydroxylation is 2. The SMILES string of the molecule is COc1ccc(C(Nc2cc(-c3ccc4ccn(C)c4c3)c3nccnc3c2)c2ccnn2C)cn1. The Bertz CT molecular complexity index is 1680. The van der Waals surface area contributed by atoms with Gasteiger partial charge in [-0.25, -0.2) is 4.98 Å². The van der Waals surface area contributed by atoms with Crippen molar-refractivity contribution in [1.82, 2.24) is 29.3 Å². The number of pyridine rings is 1. The van der Waals surface area contributed by atoms with Crippen molar-refractivity contribution in [1.29, 1.82) is 0 Å². The van der Waals surface area contributed by atoms with E-state index in [1.165, 1.54) is 10.9 Å². The summed E-state index contributed by atoms with van der Waals surface area (Å²) in [6, 6.07) is 18.5. The molecule has 2 aromatic carbocycles. The van der Waals surface area contributed by atoms with Crippen molar-refractivity contribution < 1.29 is 4.74 Å². The minimum Gasteiger partial charge on any atom is -0.481 e. The summed E-state index contributed by atoms with van der Waals surface area (Å²) in [5.74, 6) is 0.571. The first-order valence-corrected chi connectivity index (χ1v) is 11.7. The molecule has 8 nitrogen and oxygen atoms in total. The molecule has 0 radical (unpaired) electrons. The fourth-order valence-corrected chi connectivity index (χ4v) is 4.65. The number of aromatic nitrogens is 6. The van der Waals surface area contributed by atoms with Crippen LogP contribution in [0, 0.1) is 0 Å². The van der Waals surface area contributed by atoms with Crippen LogP contribution in [0.3, 0.4) is 0 Å². The molecule has 0 aliphatic rings. The molecule has 0 saturated carbocycles. The van der Waals surface area contributed by atoms with Gasteiger partial charge in [-0.3, -0.25) is 14.6 Å². The van der Waals surface area contributed by atoms with E-state index in [4.69, 9.17) is 4.74 Å². The van der Waals surface area contributed by atoms with E-state index in [-0.39, 0.29) is 6.04 Å². The van der Waals surface area contributed by atoms with E-state index in [1.807, 2.05) is 42.2 Å². The van der Waals surface area contributed by atoms with Gasteiger partial charge in [-0.15, -0.1) is 0 Å². The number of anilines is 1. The summed E-state index contributed by atoms with van der Waals surface area (Å²) in [4.78, 5) is 13.7. The summed E-state index contributed by atoms with van der Waals surface area (Å²) in [6.45, 7) is 0. The first-order chi connectivity index (χ1) is 17.6. The molecule has 0 fully saturated rings. The molecule has 6 aromatic rings. The Morgan fingerprint density at radius 1 is 0.889 bits per heavy atom. The maximum atomic E-state index is 5.26. The highest BCUT2D eigenvalue weighted by Gasteiger charge is 2.20. The maximum Gasteiger partial charge on any atom is 0.212 e. The van der Waals surface area contributed by atoms with Gasteiger partial charge < -0.3 is 14.6 Å². The lowest BCUT2D eigenvalue weighted by atomic mass is 10.00. The van der Waals surface area contributed by atoms with Crippen LogP contribution in [0.2, 0.25) is 0 Å². The second-order valence-corrected chi connectivity index (χ2v) is 8.74. The standard InChI is InChI=1S/C28H25N7O/c1-34-13-9-18-4-5-19(14-25(18)34)22-15-21(16-23-28(22)30-12-11-29-23)33-27(24-8-10-32-35(24)2)20-6-7-26(36-3)31-17-20/h4-17,27,33H,1-3H3. The third-order valence-electron chi connectivity index (χ3n) is 6.54. The second-order valence-electron chi connectivity index (χ2n) is 8.74. The number of rotatable bonds is 6. The summed E-state index contributed by atoms with van der Waals surface area (Å²) in [5, 5.41) is 9.30. The van der Waals surface area contributed by atoms with E-state index in [1.54, 1.807) is 25.7 Å². The molecular formula is C28H25N7O. The van der Waals surface area contributed by atoms with Crippen molar-refractivity contribution in [3.05, 3.63) is 96.8 Å². The number of nitrogens with zero attached hydrogens (tertiary/aromatic N) is 6. The number of hydrogen-bond donors (Lipinski definition) is 1. The lowest BCUT2D eigenvalue weighted by molar-refractivity contribution is 0.397. The molecule has 0 spiro atoms. The van der Waals surface area contributed by atoms with E-state index in [0.29, 0.717) is 5.88 Å². The second kappa shape index (κ2) is 8.81. The minimum atomic E-state index is -0.187.